The second kappa shape index (κ2) is 7.85. The summed E-state index contributed by atoms with van der Waals surface area (Å²) in [6, 6.07) is 7.42. The molecule has 0 radical (unpaired) electrons. The minimum Gasteiger partial charge on any atom is -0.491 e. The molecular formula is C24H26FN5O2S. The number of aryl methyl sites for hydroxylation is 1. The van der Waals surface area contributed by atoms with E-state index in [9.17, 15) is 4.79 Å². The molecule has 6 rings (SSSR count). The van der Waals surface area contributed by atoms with Gasteiger partial charge in [-0.05, 0) is 37.5 Å². The van der Waals surface area contributed by atoms with Crippen LogP contribution in [0.4, 0.5) is 15.8 Å². The van der Waals surface area contributed by atoms with Crippen LogP contribution in [-0.2, 0) is 6.42 Å². The van der Waals surface area contributed by atoms with E-state index in [2.05, 4.69) is 20.5 Å². The standard InChI is InChI=1S/C24H26FN5O2S/c1-12-2-3-16-21(26)22(33-24(16)28-12)23(31)29-14-6-17-18(25)7-15(8-20(17)32-11-14)30-5-4-13-9-27-10-19(13)30/h2-3,7-8,13-14,19,27H,4-6,9-11,26H2,1H3,(H,29,31)/t13-,14-,19+/m1/s1. The minimum absolute atomic E-state index is 0.279. The molecule has 1 amide bonds. The van der Waals surface area contributed by atoms with Gasteiger partial charge in [0.2, 0.25) is 0 Å². The van der Waals surface area contributed by atoms with E-state index in [1.54, 1.807) is 6.07 Å². The smallest absolute Gasteiger partial charge is 0.263 e. The van der Waals surface area contributed by atoms with Crippen LogP contribution in [0.1, 0.15) is 27.3 Å². The average Bonchev–Trinajstić information content (AvgIpc) is 3.49. The maximum Gasteiger partial charge on any atom is 0.263 e. The zero-order valence-corrected chi connectivity index (χ0v) is 19.2. The van der Waals surface area contributed by atoms with Gasteiger partial charge in [-0.1, -0.05) is 0 Å². The number of nitrogen functional groups attached to an aromatic ring is 1. The van der Waals surface area contributed by atoms with Gasteiger partial charge in [-0.15, -0.1) is 11.3 Å². The van der Waals surface area contributed by atoms with Gasteiger partial charge < -0.3 is 26.0 Å². The molecule has 3 atom stereocenters. The first-order valence-corrected chi connectivity index (χ1v) is 12.2. The zero-order valence-electron chi connectivity index (χ0n) is 18.4. The number of aromatic nitrogens is 1. The Labute approximate surface area is 195 Å². The Morgan fingerprint density at radius 1 is 1.36 bits per heavy atom. The number of benzene rings is 1. The van der Waals surface area contributed by atoms with Crippen LogP contribution in [0.15, 0.2) is 24.3 Å². The predicted molar refractivity (Wildman–Crippen MR) is 128 cm³/mol. The Morgan fingerprint density at radius 2 is 2.24 bits per heavy atom. The van der Waals surface area contributed by atoms with Crippen LogP contribution >= 0.6 is 11.3 Å². The van der Waals surface area contributed by atoms with Gasteiger partial charge in [-0.3, -0.25) is 4.79 Å². The van der Waals surface area contributed by atoms with Crippen molar-refractivity contribution in [2.24, 2.45) is 5.92 Å². The van der Waals surface area contributed by atoms with Crippen molar-refractivity contribution in [3.8, 4) is 5.75 Å². The number of carbonyl (C=O) groups is 1. The zero-order chi connectivity index (χ0) is 22.7. The number of hydrogen-bond donors (Lipinski definition) is 3. The molecule has 33 heavy (non-hydrogen) atoms. The number of halogens is 1. The third kappa shape index (κ3) is 3.50. The first kappa shape index (κ1) is 20.7. The summed E-state index contributed by atoms with van der Waals surface area (Å²) in [5.41, 5.74) is 8.91. The molecule has 3 aliphatic rings. The van der Waals surface area contributed by atoms with Crippen LogP contribution in [0.3, 0.4) is 0 Å². The fourth-order valence-electron chi connectivity index (χ4n) is 5.36. The van der Waals surface area contributed by atoms with Gasteiger partial charge in [-0.2, -0.15) is 0 Å². The predicted octanol–water partition coefficient (Wildman–Crippen LogP) is 2.86. The maximum atomic E-state index is 15.1. The van der Waals surface area contributed by atoms with Crippen molar-refractivity contribution in [3.05, 3.63) is 46.2 Å². The Morgan fingerprint density at radius 3 is 3.12 bits per heavy atom. The maximum absolute atomic E-state index is 15.1. The first-order chi connectivity index (χ1) is 16.0. The molecule has 3 aromatic rings. The monoisotopic (exact) mass is 467 g/mol. The third-order valence-electron chi connectivity index (χ3n) is 7.08. The van der Waals surface area contributed by atoms with Gasteiger partial charge in [0.1, 0.15) is 27.9 Å². The summed E-state index contributed by atoms with van der Waals surface area (Å²) in [6.07, 6.45) is 1.50. The van der Waals surface area contributed by atoms with Crippen LogP contribution in [0, 0.1) is 18.7 Å². The van der Waals surface area contributed by atoms with Crippen LogP contribution in [0.2, 0.25) is 0 Å². The Hall–Kier alpha value is -2.91. The summed E-state index contributed by atoms with van der Waals surface area (Å²) in [5, 5.41) is 7.19. The molecule has 3 aliphatic heterocycles. The molecule has 2 aromatic heterocycles. The van der Waals surface area contributed by atoms with Crippen molar-refractivity contribution in [2.45, 2.75) is 31.8 Å². The second-order valence-electron chi connectivity index (χ2n) is 9.21. The van der Waals surface area contributed by atoms with E-state index < -0.39 is 0 Å². The van der Waals surface area contributed by atoms with Gasteiger partial charge in [0, 0.05) is 60.5 Å². The van der Waals surface area contributed by atoms with Crippen LogP contribution in [-0.4, -0.2) is 49.2 Å². The number of amides is 1. The van der Waals surface area contributed by atoms with Crippen LogP contribution in [0.25, 0.3) is 10.2 Å². The van der Waals surface area contributed by atoms with Gasteiger partial charge in [-0.25, -0.2) is 9.37 Å². The Kier molecular flexibility index (Phi) is 4.92. The topological polar surface area (TPSA) is 92.5 Å². The molecule has 2 saturated heterocycles. The largest absolute Gasteiger partial charge is 0.491 e. The highest BCUT2D eigenvalue weighted by molar-refractivity contribution is 7.21. The number of thiophene rings is 1. The summed E-state index contributed by atoms with van der Waals surface area (Å²) >= 11 is 1.27. The molecule has 0 aliphatic carbocycles. The van der Waals surface area contributed by atoms with E-state index >= 15 is 4.39 Å². The summed E-state index contributed by atoms with van der Waals surface area (Å²) in [5.74, 6) is 0.645. The molecule has 4 N–H and O–H groups in total. The lowest BCUT2D eigenvalue weighted by Gasteiger charge is -2.30. The van der Waals surface area contributed by atoms with E-state index in [0.717, 1.165) is 47.7 Å². The lowest BCUT2D eigenvalue weighted by atomic mass is 10.0. The number of hydrogen-bond acceptors (Lipinski definition) is 7. The van der Waals surface area contributed by atoms with Gasteiger partial charge >= 0.3 is 0 Å². The Balaban J connectivity index is 1.20. The van der Waals surface area contributed by atoms with Crippen LogP contribution in [0.5, 0.6) is 5.75 Å². The quantitative estimate of drug-likeness (QED) is 0.549. The highest BCUT2D eigenvalue weighted by Gasteiger charge is 2.38. The van der Waals surface area contributed by atoms with E-state index in [4.69, 9.17) is 10.5 Å². The van der Waals surface area contributed by atoms with Crippen molar-refractivity contribution in [1.29, 1.82) is 0 Å². The molecule has 7 nitrogen and oxygen atoms in total. The van der Waals surface area contributed by atoms with E-state index in [-0.39, 0.29) is 24.4 Å². The van der Waals surface area contributed by atoms with Gasteiger partial charge in [0.05, 0.1) is 11.7 Å². The van der Waals surface area contributed by atoms with Crippen molar-refractivity contribution in [2.75, 3.05) is 36.9 Å². The summed E-state index contributed by atoms with van der Waals surface area (Å²) in [6.45, 7) is 5.11. The fraction of sp³-hybridized carbons (Fsp3) is 0.417. The third-order valence-corrected chi connectivity index (χ3v) is 8.20. The second-order valence-corrected chi connectivity index (χ2v) is 10.2. The molecule has 2 fully saturated rings. The van der Waals surface area contributed by atoms with Crippen molar-refractivity contribution in [1.82, 2.24) is 15.6 Å². The number of rotatable bonds is 3. The summed E-state index contributed by atoms with van der Waals surface area (Å²) < 4.78 is 21.1. The molecular weight excluding hydrogens is 441 g/mol. The number of nitrogens with zero attached hydrogens (tertiary/aromatic N) is 2. The molecule has 0 bridgehead atoms. The molecule has 9 heteroatoms. The number of carbonyl (C=O) groups excluding carboxylic acids is 1. The molecule has 5 heterocycles. The molecule has 1 aromatic carbocycles. The molecule has 0 unspecified atom stereocenters. The normalized spacial score (nSPS) is 23.9. The SMILES string of the molecule is Cc1ccc2c(N)c(C(=O)N[C@H]3COc4cc(N5CC[C@@H]6CNC[C@@H]65)cc(F)c4C3)sc2n1. The minimum atomic E-state index is -0.333. The van der Waals surface area contributed by atoms with E-state index in [1.165, 1.54) is 11.3 Å². The summed E-state index contributed by atoms with van der Waals surface area (Å²) in [7, 11) is 0. The molecule has 0 spiro atoms. The fourth-order valence-corrected chi connectivity index (χ4v) is 6.40. The van der Waals surface area contributed by atoms with Gasteiger partial charge in [0.15, 0.2) is 0 Å². The molecule has 0 saturated carbocycles. The van der Waals surface area contributed by atoms with Crippen molar-refractivity contribution >= 4 is 38.8 Å². The number of ether oxygens (including phenoxy) is 1. The number of nitrogens with two attached hydrogens (primary N) is 1. The Bertz CT molecular complexity index is 1260. The first-order valence-electron chi connectivity index (χ1n) is 11.4. The van der Waals surface area contributed by atoms with E-state index in [0.29, 0.717) is 40.3 Å². The lowest BCUT2D eigenvalue weighted by molar-refractivity contribution is 0.0919. The average molecular weight is 468 g/mol. The van der Waals surface area contributed by atoms with Gasteiger partial charge in [0.25, 0.3) is 5.91 Å². The van der Waals surface area contributed by atoms with Crippen molar-refractivity contribution < 1.29 is 13.9 Å². The number of anilines is 2. The van der Waals surface area contributed by atoms with Crippen LogP contribution < -0.4 is 26.0 Å². The highest BCUT2D eigenvalue weighted by atomic mass is 32.1. The molecule has 172 valence electrons. The van der Waals surface area contributed by atoms with Crippen molar-refractivity contribution in [3.63, 3.8) is 0 Å². The number of nitrogens with one attached hydrogen (secondary N) is 2. The number of fused-ring (bicyclic) bond motifs is 3. The van der Waals surface area contributed by atoms with E-state index in [1.807, 2.05) is 25.1 Å². The highest BCUT2D eigenvalue weighted by Crippen LogP contribution is 2.38. The lowest BCUT2D eigenvalue weighted by Crippen LogP contribution is -2.43. The summed E-state index contributed by atoms with van der Waals surface area (Å²) in [4.78, 5) is 20.9. The number of pyridine rings is 1.